The highest BCUT2D eigenvalue weighted by Crippen LogP contribution is 1.78. The average Bonchev–Trinajstić information content (AvgIpc) is 3.16. The molecular formula is C42H117N15O9. The molecule has 0 spiro atoms. The van der Waals surface area contributed by atoms with Crippen LogP contribution in [0.2, 0.25) is 0 Å². The Balaban J connectivity index is -0.0000000795. The first-order valence-electron chi connectivity index (χ1n) is 23.1. The maximum Gasteiger partial charge on any atom is 0.0932 e. The fraction of sp³-hybridized carbons (Fsp3) is 1.00. The molecule has 0 bridgehead atoms. The van der Waals surface area contributed by atoms with Gasteiger partial charge >= 0.3 is 0 Å². The lowest BCUT2D eigenvalue weighted by atomic mass is 10.3. The Hall–Kier alpha value is -0.960. The van der Waals surface area contributed by atoms with E-state index in [9.17, 15) is 0 Å². The standard InChI is InChI=1S/2C6H16N2O.C6H15NO2.C4H13N3.C4H12N2O.C4H12N2.C4H11NO2.2C4H11NO/c2*1-5(7)3-8-4-6(2)9;1-5(8)3-7-4-6(2)9;1-4(6)2-7-3-5;1-4(5)2-6-3-7;1-4(5)3-6-2;1-4(7)2-5-3-6;2*1-4(6)3-5-2/h2*5-6,8-9H,3-4,7H2,1-2H3;5-9H,3-4H2,1-2H3;4,7H,2-3,5-6H2,1H3;4,6-7H,2-3,5H2,1H3;4,6H,3,5H2,1-2H3;4-7H,2-3H2,1H3;2*4-6H,3H2,1-2H3. The highest BCUT2D eigenvalue weighted by Gasteiger charge is 1.98. The highest BCUT2D eigenvalue weighted by atomic mass is 16.3. The van der Waals surface area contributed by atoms with Gasteiger partial charge < -0.3 is 118 Å². The molecule has 0 saturated heterocycles. The summed E-state index contributed by atoms with van der Waals surface area (Å²) in [6, 6.07) is 0.971. The van der Waals surface area contributed by atoms with Crippen molar-refractivity contribution in [1.29, 1.82) is 0 Å². The van der Waals surface area contributed by atoms with Gasteiger partial charge in [0, 0.05) is 115 Å². The van der Waals surface area contributed by atoms with E-state index >= 15 is 0 Å². The van der Waals surface area contributed by atoms with Crippen LogP contribution in [0.1, 0.15) is 83.1 Å². The molecule has 30 N–H and O–H groups in total. The minimum atomic E-state index is -0.368. The molecule has 0 aliphatic heterocycles. The molecule has 0 amide bonds. The molecular weight excluding hydrogens is 859 g/mol. The Morgan fingerprint density at radius 3 is 0.576 bits per heavy atom. The third-order valence-corrected chi connectivity index (χ3v) is 5.96. The lowest BCUT2D eigenvalue weighted by molar-refractivity contribution is 0.164. The number of aliphatic hydroxyl groups excluding tert-OH is 9. The van der Waals surface area contributed by atoms with Crippen molar-refractivity contribution in [3.05, 3.63) is 0 Å². The van der Waals surface area contributed by atoms with Gasteiger partial charge in [-0.1, -0.05) is 0 Å². The molecule has 0 aromatic carbocycles. The van der Waals surface area contributed by atoms with Gasteiger partial charge in [0.05, 0.1) is 56.2 Å². The normalized spacial score (nSPS) is 15.5. The highest BCUT2D eigenvalue weighted by molar-refractivity contribution is 4.60. The maximum atomic E-state index is 8.76. The first kappa shape index (κ1) is 84.9. The summed E-state index contributed by atoms with van der Waals surface area (Å²) in [4.78, 5) is 0. The number of hydrogen-bond acceptors (Lipinski definition) is 24. The lowest BCUT2D eigenvalue weighted by Gasteiger charge is -2.08. The van der Waals surface area contributed by atoms with E-state index in [4.69, 9.17) is 80.4 Å². The summed E-state index contributed by atoms with van der Waals surface area (Å²) < 4.78 is 0. The molecule has 24 nitrogen and oxygen atoms in total. The van der Waals surface area contributed by atoms with Gasteiger partial charge in [0.2, 0.25) is 0 Å². The summed E-state index contributed by atoms with van der Waals surface area (Å²) in [6.07, 6.45) is -2.00. The van der Waals surface area contributed by atoms with Crippen LogP contribution < -0.4 is 82.3 Å². The molecule has 0 aliphatic rings. The SMILES string of the molecule is CC(N)CNCC(C)O.CC(N)CNCC(C)O.CC(N)CNCN.CC(N)CNCO.CC(O)CNCC(C)O.CC(O)CNCO.CNCC(C)N.CNCC(C)O.CNCC(C)O. The van der Waals surface area contributed by atoms with E-state index < -0.39 is 0 Å². The molecule has 0 saturated carbocycles. The second-order valence-corrected chi connectivity index (χ2v) is 16.4. The van der Waals surface area contributed by atoms with E-state index in [0.717, 1.165) is 26.2 Å². The number of hydrogen-bond donors (Lipinski definition) is 24. The molecule has 24 heteroatoms. The lowest BCUT2D eigenvalue weighted by Crippen LogP contribution is -2.34. The van der Waals surface area contributed by atoms with Crippen LogP contribution in [0.25, 0.3) is 0 Å². The zero-order valence-electron chi connectivity index (χ0n) is 44.5. The van der Waals surface area contributed by atoms with E-state index in [2.05, 4.69) is 47.9 Å². The third kappa shape index (κ3) is 168. The fourth-order valence-corrected chi connectivity index (χ4v) is 3.33. The first-order chi connectivity index (χ1) is 30.5. The van der Waals surface area contributed by atoms with Crippen molar-refractivity contribution < 1.29 is 46.0 Å². The van der Waals surface area contributed by atoms with Gasteiger partial charge in [0.15, 0.2) is 0 Å². The van der Waals surface area contributed by atoms with Crippen LogP contribution >= 0.6 is 0 Å². The number of rotatable bonds is 27. The summed E-state index contributed by atoms with van der Waals surface area (Å²) in [5.41, 5.74) is 32.0. The molecule has 0 aliphatic carbocycles. The van der Waals surface area contributed by atoms with Crippen molar-refractivity contribution >= 4 is 0 Å². The van der Waals surface area contributed by atoms with Crippen LogP contribution in [0.3, 0.4) is 0 Å². The van der Waals surface area contributed by atoms with Crippen LogP contribution in [-0.4, -0.2) is 239 Å². The summed E-state index contributed by atoms with van der Waals surface area (Å²) in [7, 11) is 5.52. The zero-order valence-corrected chi connectivity index (χ0v) is 44.5. The van der Waals surface area contributed by atoms with E-state index in [1.807, 2.05) is 55.8 Å². The quantitative estimate of drug-likeness (QED) is 0.0340. The van der Waals surface area contributed by atoms with Gasteiger partial charge in [0.25, 0.3) is 0 Å². The van der Waals surface area contributed by atoms with Crippen molar-refractivity contribution in [3.8, 4) is 0 Å². The minimum Gasteiger partial charge on any atom is -0.392 e. The summed E-state index contributed by atoms with van der Waals surface area (Å²) in [6.45, 7) is 30.2. The van der Waals surface area contributed by atoms with E-state index in [-0.39, 0.29) is 86.4 Å². The Kier molecular flexibility index (Phi) is 94.0. The van der Waals surface area contributed by atoms with E-state index in [0.29, 0.717) is 59.0 Å². The van der Waals surface area contributed by atoms with Gasteiger partial charge in [0.1, 0.15) is 0 Å². The largest absolute Gasteiger partial charge is 0.392 e. The Morgan fingerprint density at radius 2 is 0.470 bits per heavy atom. The van der Waals surface area contributed by atoms with Gasteiger partial charge in [-0.2, -0.15) is 0 Å². The molecule has 12 atom stereocenters. The van der Waals surface area contributed by atoms with Crippen LogP contribution in [0, 0.1) is 0 Å². The topological polar surface area (TPSA) is 446 Å². The molecule has 0 aromatic heterocycles. The second-order valence-electron chi connectivity index (χ2n) is 16.4. The average molecular weight is 976 g/mol. The van der Waals surface area contributed by atoms with Gasteiger partial charge in [-0.3, -0.25) is 10.6 Å². The van der Waals surface area contributed by atoms with Crippen LogP contribution in [0.5, 0.6) is 0 Å². The van der Waals surface area contributed by atoms with Gasteiger partial charge in [-0.25, -0.2) is 0 Å². The van der Waals surface area contributed by atoms with Crippen molar-refractivity contribution in [2.45, 2.75) is 156 Å². The molecule has 0 heterocycles. The van der Waals surface area contributed by atoms with Crippen LogP contribution in [-0.2, 0) is 0 Å². The molecule has 414 valence electrons. The van der Waals surface area contributed by atoms with Crippen molar-refractivity contribution in [2.75, 3.05) is 120 Å². The summed E-state index contributed by atoms with van der Waals surface area (Å²) >= 11 is 0. The molecule has 66 heavy (non-hydrogen) atoms. The monoisotopic (exact) mass is 976 g/mol. The molecule has 0 fully saturated rings. The van der Waals surface area contributed by atoms with Crippen molar-refractivity contribution in [2.24, 2.45) is 34.4 Å². The Morgan fingerprint density at radius 1 is 0.288 bits per heavy atom. The predicted octanol–water partition coefficient (Wildman–Crippen LogP) is -6.71. The molecule has 12 unspecified atom stereocenters. The number of nitrogens with one attached hydrogen (secondary N) is 9. The Bertz CT molecular complexity index is 651. The van der Waals surface area contributed by atoms with Gasteiger partial charge in [-0.05, 0) is 104 Å². The fourth-order valence-electron chi connectivity index (χ4n) is 3.33. The number of aliphatic hydroxyl groups is 9. The maximum absolute atomic E-state index is 8.76. The zero-order chi connectivity index (χ0) is 53.9. The van der Waals surface area contributed by atoms with Crippen LogP contribution in [0.15, 0.2) is 0 Å². The van der Waals surface area contributed by atoms with Crippen LogP contribution in [0.4, 0.5) is 0 Å². The molecule has 0 rings (SSSR count). The second kappa shape index (κ2) is 73.0. The van der Waals surface area contributed by atoms with Gasteiger partial charge in [-0.15, -0.1) is 0 Å². The molecule has 0 aromatic rings. The first-order valence-corrected chi connectivity index (χ1v) is 23.1. The van der Waals surface area contributed by atoms with E-state index in [1.165, 1.54) is 0 Å². The minimum absolute atomic E-state index is 0.0154. The molecule has 0 radical (unpaired) electrons. The van der Waals surface area contributed by atoms with Crippen molar-refractivity contribution in [1.82, 2.24) is 47.9 Å². The summed E-state index contributed by atoms with van der Waals surface area (Å²) in [5, 5.41) is 102. The smallest absolute Gasteiger partial charge is 0.0932 e. The van der Waals surface area contributed by atoms with Crippen molar-refractivity contribution in [3.63, 3.8) is 0 Å². The predicted molar refractivity (Wildman–Crippen MR) is 278 cm³/mol. The summed E-state index contributed by atoms with van der Waals surface area (Å²) in [5.74, 6) is 0. The Labute approximate surface area is 403 Å². The third-order valence-electron chi connectivity index (χ3n) is 5.96. The number of likely N-dealkylation sites (N-methyl/N-ethyl adjacent to an activating group) is 3. The number of nitrogens with two attached hydrogens (primary N) is 6. The van der Waals surface area contributed by atoms with E-state index in [1.54, 1.807) is 48.5 Å².